The maximum Gasteiger partial charge on any atom is 0.234 e. The van der Waals surface area contributed by atoms with Crippen molar-refractivity contribution < 1.29 is 4.79 Å². The number of carbonyl (C=O) groups is 1. The fourth-order valence-electron chi connectivity index (χ4n) is 2.44. The molecule has 3 aromatic rings. The van der Waals surface area contributed by atoms with Crippen LogP contribution in [0, 0.1) is 0 Å². The van der Waals surface area contributed by atoms with E-state index >= 15 is 0 Å². The molecule has 2 heterocycles. The van der Waals surface area contributed by atoms with Crippen molar-refractivity contribution in [3.8, 4) is 11.4 Å². The average molecular weight is 407 g/mol. The van der Waals surface area contributed by atoms with Crippen molar-refractivity contribution in [1.29, 1.82) is 0 Å². The third-order valence-corrected chi connectivity index (χ3v) is 6.05. The minimum absolute atomic E-state index is 0.0895. The van der Waals surface area contributed by atoms with Crippen LogP contribution >= 0.6 is 34.7 Å². The number of nitrogens with zero attached hydrogens (tertiary/aromatic N) is 3. The first-order valence-corrected chi connectivity index (χ1v) is 10.5. The highest BCUT2D eigenvalue weighted by Crippen LogP contribution is 2.28. The summed E-state index contributed by atoms with van der Waals surface area (Å²) in [4.78, 5) is 13.5. The lowest BCUT2D eigenvalue weighted by Gasteiger charge is -2.07. The number of aryl methyl sites for hydroxylation is 1. The zero-order valence-corrected chi connectivity index (χ0v) is 16.9. The van der Waals surface area contributed by atoms with Crippen molar-refractivity contribution >= 4 is 46.3 Å². The maximum atomic E-state index is 12.2. The van der Waals surface area contributed by atoms with Gasteiger partial charge >= 0.3 is 0 Å². The second-order valence-corrected chi connectivity index (χ2v) is 7.92. The Hall–Kier alpha value is -1.83. The molecule has 0 fully saturated rings. The summed E-state index contributed by atoms with van der Waals surface area (Å²) in [6, 6.07) is 9.20. The van der Waals surface area contributed by atoms with Crippen LogP contribution in [-0.2, 0) is 17.8 Å². The van der Waals surface area contributed by atoms with Crippen LogP contribution in [0.4, 0.5) is 5.69 Å². The van der Waals surface area contributed by atoms with Gasteiger partial charge in [0.25, 0.3) is 0 Å². The molecule has 0 bridgehead atoms. The molecule has 8 heteroatoms. The van der Waals surface area contributed by atoms with Crippen molar-refractivity contribution in [1.82, 2.24) is 14.8 Å². The summed E-state index contributed by atoms with van der Waals surface area (Å²) < 4.78 is 2.04. The summed E-state index contributed by atoms with van der Waals surface area (Å²) >= 11 is 8.97. The van der Waals surface area contributed by atoms with Gasteiger partial charge in [-0.1, -0.05) is 30.3 Å². The molecule has 0 aliphatic rings. The molecule has 0 aliphatic carbocycles. The van der Waals surface area contributed by atoms with Crippen molar-refractivity contribution in [2.24, 2.45) is 0 Å². The Kier molecular flexibility index (Phi) is 6.34. The summed E-state index contributed by atoms with van der Waals surface area (Å²) in [5.74, 6) is 1.03. The molecule has 0 saturated heterocycles. The summed E-state index contributed by atoms with van der Waals surface area (Å²) in [7, 11) is 0. The van der Waals surface area contributed by atoms with Crippen LogP contribution in [0.25, 0.3) is 11.4 Å². The van der Waals surface area contributed by atoms with Crippen molar-refractivity contribution in [3.05, 3.63) is 45.6 Å². The predicted molar refractivity (Wildman–Crippen MR) is 109 cm³/mol. The topological polar surface area (TPSA) is 59.8 Å². The fraction of sp³-hybridized carbons (Fsp3) is 0.278. The van der Waals surface area contributed by atoms with Gasteiger partial charge < -0.3 is 9.88 Å². The molecule has 0 atom stereocenters. The lowest BCUT2D eigenvalue weighted by Crippen LogP contribution is -2.14. The Balaban J connectivity index is 1.66. The summed E-state index contributed by atoms with van der Waals surface area (Å²) in [5.41, 5.74) is 1.81. The largest absolute Gasteiger partial charge is 0.325 e. The molecule has 2 aromatic heterocycles. The van der Waals surface area contributed by atoms with E-state index in [9.17, 15) is 4.79 Å². The molecule has 136 valence electrons. The van der Waals surface area contributed by atoms with E-state index in [4.69, 9.17) is 11.6 Å². The first-order valence-electron chi connectivity index (χ1n) is 8.30. The fourth-order valence-corrected chi connectivity index (χ4v) is 4.18. The summed E-state index contributed by atoms with van der Waals surface area (Å²) in [5, 5.41) is 14.9. The van der Waals surface area contributed by atoms with E-state index in [-0.39, 0.29) is 11.7 Å². The third kappa shape index (κ3) is 4.47. The van der Waals surface area contributed by atoms with Gasteiger partial charge in [-0.15, -0.1) is 21.5 Å². The van der Waals surface area contributed by atoms with Crippen LogP contribution in [0.2, 0.25) is 5.02 Å². The highest BCUT2D eigenvalue weighted by atomic mass is 35.5. The number of hydrogen-bond acceptors (Lipinski definition) is 5. The van der Waals surface area contributed by atoms with E-state index in [0.717, 1.165) is 35.2 Å². The lowest BCUT2D eigenvalue weighted by molar-refractivity contribution is -0.113. The van der Waals surface area contributed by atoms with Gasteiger partial charge in [-0.25, -0.2) is 0 Å². The van der Waals surface area contributed by atoms with Gasteiger partial charge in [0.2, 0.25) is 5.91 Å². The van der Waals surface area contributed by atoms with E-state index < -0.39 is 0 Å². The van der Waals surface area contributed by atoms with Gasteiger partial charge in [0, 0.05) is 33.1 Å². The number of amides is 1. The molecule has 0 unspecified atom stereocenters. The Morgan fingerprint density at radius 1 is 1.27 bits per heavy atom. The number of thioether (sulfide) groups is 1. The predicted octanol–water partition coefficient (Wildman–Crippen LogP) is 4.97. The molecule has 0 saturated carbocycles. The molecule has 0 spiro atoms. The van der Waals surface area contributed by atoms with Gasteiger partial charge in [0.05, 0.1) is 5.75 Å². The Labute approximate surface area is 165 Å². The van der Waals surface area contributed by atoms with Gasteiger partial charge in [0.1, 0.15) is 0 Å². The van der Waals surface area contributed by atoms with Crippen molar-refractivity contribution in [3.63, 3.8) is 0 Å². The number of nitrogens with one attached hydrogen (secondary N) is 1. The first kappa shape index (κ1) is 18.9. The van der Waals surface area contributed by atoms with E-state index in [0.29, 0.717) is 5.02 Å². The molecule has 0 aliphatic heterocycles. The highest BCUT2D eigenvalue weighted by molar-refractivity contribution is 7.99. The second-order valence-electron chi connectivity index (χ2n) is 5.55. The summed E-state index contributed by atoms with van der Waals surface area (Å²) in [6.45, 7) is 4.94. The molecule has 26 heavy (non-hydrogen) atoms. The third-order valence-electron chi connectivity index (χ3n) is 3.75. The Morgan fingerprint density at radius 2 is 2.04 bits per heavy atom. The Bertz CT molecular complexity index is 889. The number of hydrogen-bond donors (Lipinski definition) is 1. The van der Waals surface area contributed by atoms with E-state index in [1.807, 2.05) is 4.57 Å². The van der Waals surface area contributed by atoms with Gasteiger partial charge in [-0.05, 0) is 43.7 Å². The van der Waals surface area contributed by atoms with Crippen molar-refractivity contribution in [2.45, 2.75) is 32.0 Å². The molecule has 1 aromatic carbocycles. The number of benzene rings is 1. The van der Waals surface area contributed by atoms with Crippen LogP contribution in [0.3, 0.4) is 0 Å². The molecule has 1 amide bonds. The molecular formula is C18H19ClN4OS2. The number of thiophene rings is 1. The number of anilines is 1. The second kappa shape index (κ2) is 8.70. The quantitative estimate of drug-likeness (QED) is 0.562. The maximum absolute atomic E-state index is 12.2. The zero-order valence-electron chi connectivity index (χ0n) is 14.5. The minimum atomic E-state index is -0.0895. The Morgan fingerprint density at radius 3 is 2.69 bits per heavy atom. The van der Waals surface area contributed by atoms with Crippen LogP contribution in [0.5, 0.6) is 0 Å². The normalized spacial score (nSPS) is 10.9. The first-order chi connectivity index (χ1) is 12.6. The molecule has 3 rings (SSSR count). The smallest absolute Gasteiger partial charge is 0.234 e. The summed E-state index contributed by atoms with van der Waals surface area (Å²) in [6.07, 6.45) is 1.01. The van der Waals surface area contributed by atoms with E-state index in [2.05, 4.69) is 40.8 Å². The molecule has 5 nitrogen and oxygen atoms in total. The van der Waals surface area contributed by atoms with E-state index in [1.54, 1.807) is 35.6 Å². The van der Waals surface area contributed by atoms with Gasteiger partial charge in [0.15, 0.2) is 11.0 Å². The minimum Gasteiger partial charge on any atom is -0.325 e. The molecular weight excluding hydrogens is 388 g/mol. The highest BCUT2D eigenvalue weighted by Gasteiger charge is 2.15. The van der Waals surface area contributed by atoms with Crippen LogP contribution in [0.1, 0.15) is 18.7 Å². The zero-order chi connectivity index (χ0) is 18.5. The number of rotatable bonds is 7. The molecule has 0 radical (unpaired) electrons. The number of aromatic nitrogens is 3. The van der Waals surface area contributed by atoms with Gasteiger partial charge in [-0.3, -0.25) is 4.79 Å². The van der Waals surface area contributed by atoms with Crippen molar-refractivity contribution in [2.75, 3.05) is 11.1 Å². The number of carbonyl (C=O) groups excluding carboxylic acids is 1. The van der Waals surface area contributed by atoms with Crippen LogP contribution in [-0.4, -0.2) is 26.4 Å². The van der Waals surface area contributed by atoms with Crippen LogP contribution < -0.4 is 5.32 Å². The number of halogens is 1. The SMILES string of the molecule is CCc1cc(-c2nnc(SCC(=O)Nc3ccc(Cl)cc3)n2CC)cs1. The standard InChI is InChI=1S/C18H19ClN4OS2/c1-3-15-9-12(10-25-15)17-21-22-18(23(17)4-2)26-11-16(24)20-14-7-5-13(19)6-8-14/h5-10H,3-4,11H2,1-2H3,(H,20,24). The average Bonchev–Trinajstić information content (AvgIpc) is 3.27. The molecule has 1 N–H and O–H groups in total. The van der Waals surface area contributed by atoms with E-state index in [1.165, 1.54) is 16.6 Å². The lowest BCUT2D eigenvalue weighted by atomic mass is 10.2. The van der Waals surface area contributed by atoms with Crippen LogP contribution in [0.15, 0.2) is 40.9 Å². The van der Waals surface area contributed by atoms with Gasteiger partial charge in [-0.2, -0.15) is 0 Å². The monoisotopic (exact) mass is 406 g/mol.